The molecule has 1 heterocycles. The molecular weight excluding hydrogens is 304 g/mol. The molecule has 4 nitrogen and oxygen atoms in total. The van der Waals surface area contributed by atoms with Crippen molar-refractivity contribution in [2.75, 3.05) is 6.61 Å². The lowest BCUT2D eigenvalue weighted by Crippen LogP contribution is -2.50. The average Bonchev–Trinajstić information content (AvgIpc) is 2.63. The molecular formula is C20H24O4. The predicted molar refractivity (Wildman–Crippen MR) is 91.2 cm³/mol. The molecule has 1 fully saturated rings. The summed E-state index contributed by atoms with van der Waals surface area (Å²) in [5.41, 5.74) is 2.21. The summed E-state index contributed by atoms with van der Waals surface area (Å²) in [4.78, 5) is 0. The maximum atomic E-state index is 9.99. The van der Waals surface area contributed by atoms with E-state index in [4.69, 9.17) is 14.2 Å². The zero-order valence-corrected chi connectivity index (χ0v) is 13.9. The van der Waals surface area contributed by atoms with E-state index >= 15 is 0 Å². The Morgan fingerprint density at radius 1 is 0.917 bits per heavy atom. The number of aliphatic hydroxyl groups is 1. The lowest BCUT2D eigenvalue weighted by atomic mass is 9.96. The first kappa shape index (κ1) is 17.1. The minimum atomic E-state index is -0.817. The van der Waals surface area contributed by atoms with Gasteiger partial charge in [-0.05, 0) is 11.1 Å². The monoisotopic (exact) mass is 328 g/mol. The maximum absolute atomic E-state index is 9.99. The van der Waals surface area contributed by atoms with Gasteiger partial charge in [0.1, 0.15) is 6.10 Å². The summed E-state index contributed by atoms with van der Waals surface area (Å²) in [5, 5.41) is 9.99. The van der Waals surface area contributed by atoms with E-state index in [1.807, 2.05) is 67.6 Å². The third kappa shape index (κ3) is 4.42. The highest BCUT2D eigenvalue weighted by Crippen LogP contribution is 2.26. The standard InChI is InChI=1S/C20H24O4/c1-15-19(23-13-17-10-6-3-7-11-17)18(14-24-20(15)21)22-12-16-8-4-2-5-9-16/h2-11,15,18-21H,12-14H2,1H3/t15?,18-,19?,20-/m1/s1. The number of rotatable bonds is 6. The van der Waals surface area contributed by atoms with Gasteiger partial charge in [-0.1, -0.05) is 67.6 Å². The van der Waals surface area contributed by atoms with E-state index in [2.05, 4.69) is 0 Å². The van der Waals surface area contributed by atoms with Crippen molar-refractivity contribution in [1.82, 2.24) is 0 Å². The molecule has 2 unspecified atom stereocenters. The molecule has 24 heavy (non-hydrogen) atoms. The van der Waals surface area contributed by atoms with Crippen LogP contribution in [-0.2, 0) is 27.4 Å². The normalized spacial score (nSPS) is 27.1. The SMILES string of the molecule is CC1C(OCc2ccccc2)[C@H](OCc2ccccc2)CO[C@H]1O. The van der Waals surface area contributed by atoms with Gasteiger partial charge in [0.25, 0.3) is 0 Å². The fourth-order valence-electron chi connectivity index (χ4n) is 2.89. The third-order valence-electron chi connectivity index (χ3n) is 4.36. The summed E-state index contributed by atoms with van der Waals surface area (Å²) < 4.78 is 17.5. The summed E-state index contributed by atoms with van der Waals surface area (Å²) in [6, 6.07) is 20.0. The molecule has 1 aliphatic heterocycles. The maximum Gasteiger partial charge on any atom is 0.159 e. The molecule has 0 spiro atoms. The van der Waals surface area contributed by atoms with Crippen molar-refractivity contribution in [2.24, 2.45) is 5.92 Å². The Hall–Kier alpha value is -1.72. The number of hydrogen-bond donors (Lipinski definition) is 1. The summed E-state index contributed by atoms with van der Waals surface area (Å²) in [7, 11) is 0. The highest BCUT2D eigenvalue weighted by Gasteiger charge is 2.38. The van der Waals surface area contributed by atoms with Crippen molar-refractivity contribution in [3.05, 3.63) is 71.8 Å². The van der Waals surface area contributed by atoms with E-state index in [1.54, 1.807) is 0 Å². The molecule has 2 aromatic rings. The Kier molecular flexibility index (Phi) is 5.99. The average molecular weight is 328 g/mol. The van der Waals surface area contributed by atoms with Gasteiger partial charge in [0.15, 0.2) is 6.29 Å². The Morgan fingerprint density at radius 3 is 2.04 bits per heavy atom. The van der Waals surface area contributed by atoms with Crippen LogP contribution in [0.2, 0.25) is 0 Å². The first-order chi connectivity index (χ1) is 11.7. The second-order valence-electron chi connectivity index (χ2n) is 6.18. The van der Waals surface area contributed by atoms with Crippen LogP contribution in [0, 0.1) is 5.92 Å². The summed E-state index contributed by atoms with van der Waals surface area (Å²) in [5.74, 6) is -0.150. The fourth-order valence-corrected chi connectivity index (χ4v) is 2.89. The van der Waals surface area contributed by atoms with Crippen LogP contribution in [0.4, 0.5) is 0 Å². The van der Waals surface area contributed by atoms with Crippen molar-refractivity contribution in [3.63, 3.8) is 0 Å². The van der Waals surface area contributed by atoms with Gasteiger partial charge in [0.2, 0.25) is 0 Å². The topological polar surface area (TPSA) is 47.9 Å². The minimum absolute atomic E-state index is 0.150. The number of aliphatic hydroxyl groups excluding tert-OH is 1. The van der Waals surface area contributed by atoms with Gasteiger partial charge in [0, 0.05) is 5.92 Å². The van der Waals surface area contributed by atoms with Crippen molar-refractivity contribution in [3.8, 4) is 0 Å². The van der Waals surface area contributed by atoms with Crippen molar-refractivity contribution >= 4 is 0 Å². The van der Waals surface area contributed by atoms with Gasteiger partial charge in [0.05, 0.1) is 25.9 Å². The number of ether oxygens (including phenoxy) is 3. The molecule has 1 N–H and O–H groups in total. The van der Waals surface area contributed by atoms with Crippen LogP contribution in [0.1, 0.15) is 18.1 Å². The van der Waals surface area contributed by atoms with E-state index in [-0.39, 0.29) is 18.1 Å². The molecule has 1 saturated heterocycles. The summed E-state index contributed by atoms with van der Waals surface area (Å²) in [6.07, 6.45) is -1.23. The van der Waals surface area contributed by atoms with Crippen molar-refractivity contribution in [1.29, 1.82) is 0 Å². The van der Waals surface area contributed by atoms with Crippen LogP contribution in [0.15, 0.2) is 60.7 Å². The van der Waals surface area contributed by atoms with Gasteiger partial charge in [-0.25, -0.2) is 0 Å². The van der Waals surface area contributed by atoms with Crippen molar-refractivity contribution in [2.45, 2.75) is 38.6 Å². The third-order valence-corrected chi connectivity index (χ3v) is 4.36. The molecule has 1 aliphatic rings. The van der Waals surface area contributed by atoms with Crippen LogP contribution in [0.3, 0.4) is 0 Å². The molecule has 0 radical (unpaired) electrons. The van der Waals surface area contributed by atoms with Gasteiger partial charge in [-0.15, -0.1) is 0 Å². The molecule has 0 aromatic heterocycles. The van der Waals surface area contributed by atoms with Gasteiger partial charge in [-0.3, -0.25) is 0 Å². The predicted octanol–water partition coefficient (Wildman–Crippen LogP) is 3.14. The highest BCUT2D eigenvalue weighted by molar-refractivity contribution is 5.14. The fraction of sp³-hybridized carbons (Fsp3) is 0.400. The van der Waals surface area contributed by atoms with Gasteiger partial charge >= 0.3 is 0 Å². The van der Waals surface area contributed by atoms with E-state index < -0.39 is 6.29 Å². The van der Waals surface area contributed by atoms with E-state index in [1.165, 1.54) is 0 Å². The highest BCUT2D eigenvalue weighted by atomic mass is 16.6. The smallest absolute Gasteiger partial charge is 0.159 e. The molecule has 128 valence electrons. The zero-order chi connectivity index (χ0) is 16.8. The number of benzene rings is 2. The number of hydrogen-bond acceptors (Lipinski definition) is 4. The van der Waals surface area contributed by atoms with Crippen LogP contribution in [0.5, 0.6) is 0 Å². The quantitative estimate of drug-likeness (QED) is 0.885. The second kappa shape index (κ2) is 8.40. The zero-order valence-electron chi connectivity index (χ0n) is 13.9. The molecule has 0 saturated carbocycles. The van der Waals surface area contributed by atoms with Crippen LogP contribution in [-0.4, -0.2) is 30.2 Å². The van der Waals surface area contributed by atoms with E-state index in [0.717, 1.165) is 11.1 Å². The van der Waals surface area contributed by atoms with Crippen LogP contribution < -0.4 is 0 Å². The van der Waals surface area contributed by atoms with E-state index in [0.29, 0.717) is 19.8 Å². The molecule has 0 aliphatic carbocycles. The van der Waals surface area contributed by atoms with Gasteiger partial charge < -0.3 is 19.3 Å². The Bertz CT molecular complexity index is 602. The summed E-state index contributed by atoms with van der Waals surface area (Å²) in [6.45, 7) is 3.26. The lowest BCUT2D eigenvalue weighted by Gasteiger charge is -2.38. The molecule has 0 bridgehead atoms. The second-order valence-corrected chi connectivity index (χ2v) is 6.18. The Labute approximate surface area is 143 Å². The van der Waals surface area contributed by atoms with Crippen LogP contribution in [0.25, 0.3) is 0 Å². The molecule has 2 aromatic carbocycles. The molecule has 0 amide bonds. The van der Waals surface area contributed by atoms with E-state index in [9.17, 15) is 5.11 Å². The Balaban J connectivity index is 1.61. The van der Waals surface area contributed by atoms with Gasteiger partial charge in [-0.2, -0.15) is 0 Å². The van der Waals surface area contributed by atoms with Crippen molar-refractivity contribution < 1.29 is 19.3 Å². The first-order valence-electron chi connectivity index (χ1n) is 8.35. The lowest BCUT2D eigenvalue weighted by molar-refractivity contribution is -0.250. The Morgan fingerprint density at radius 2 is 1.46 bits per heavy atom. The van der Waals surface area contributed by atoms with Crippen LogP contribution >= 0.6 is 0 Å². The molecule has 4 heteroatoms. The summed E-state index contributed by atoms with van der Waals surface area (Å²) >= 11 is 0. The first-order valence-corrected chi connectivity index (χ1v) is 8.35. The molecule has 3 rings (SSSR count). The minimum Gasteiger partial charge on any atom is -0.370 e. The largest absolute Gasteiger partial charge is 0.370 e. The molecule has 4 atom stereocenters.